The van der Waals surface area contributed by atoms with Crippen LogP contribution in [0.3, 0.4) is 0 Å². The van der Waals surface area contributed by atoms with E-state index < -0.39 is 0 Å². The van der Waals surface area contributed by atoms with Gasteiger partial charge in [0.15, 0.2) is 0 Å². The van der Waals surface area contributed by atoms with Crippen molar-refractivity contribution < 1.29 is 9.59 Å². The second-order valence-corrected chi connectivity index (χ2v) is 6.41. The lowest BCUT2D eigenvalue weighted by atomic mass is 10.1. The van der Waals surface area contributed by atoms with E-state index in [1.807, 2.05) is 36.1 Å². The number of nitrogens with zero attached hydrogens (tertiary/aromatic N) is 2. The number of amides is 2. The average Bonchev–Trinajstić information content (AvgIpc) is 2.67. The van der Waals surface area contributed by atoms with Crippen molar-refractivity contribution >= 4 is 23.7 Å². The molecule has 0 bridgehead atoms. The van der Waals surface area contributed by atoms with E-state index in [0.717, 1.165) is 37.2 Å². The molecule has 1 aromatic carbocycles. The molecular weight excluding hydrogens is 288 g/mol. The van der Waals surface area contributed by atoms with Crippen LogP contribution in [0, 0.1) is 5.92 Å². The van der Waals surface area contributed by atoms with Gasteiger partial charge in [0.2, 0.25) is 12.3 Å². The lowest BCUT2D eigenvalue weighted by molar-refractivity contribution is -0.121. The van der Waals surface area contributed by atoms with Gasteiger partial charge in [-0.2, -0.15) is 0 Å². The van der Waals surface area contributed by atoms with Crippen LogP contribution in [0.1, 0.15) is 52.4 Å². The maximum Gasteiger partial charge on any atom is 0.231 e. The van der Waals surface area contributed by atoms with Gasteiger partial charge in [0.25, 0.3) is 0 Å². The summed E-state index contributed by atoms with van der Waals surface area (Å²) in [5, 5.41) is 0. The molecule has 0 saturated heterocycles. The molecule has 0 saturated carbocycles. The largest absolute Gasteiger partial charge is 0.312 e. The first-order valence-corrected chi connectivity index (χ1v) is 8.81. The molecule has 23 heavy (non-hydrogen) atoms. The van der Waals surface area contributed by atoms with Gasteiger partial charge in [0.1, 0.15) is 0 Å². The lowest BCUT2D eigenvalue weighted by Gasteiger charge is -2.24. The number of benzene rings is 1. The van der Waals surface area contributed by atoms with Gasteiger partial charge in [-0.3, -0.25) is 9.59 Å². The summed E-state index contributed by atoms with van der Waals surface area (Å²) < 4.78 is 0. The van der Waals surface area contributed by atoms with Crippen molar-refractivity contribution in [2.45, 2.75) is 52.4 Å². The Labute approximate surface area is 139 Å². The van der Waals surface area contributed by atoms with E-state index in [-0.39, 0.29) is 11.8 Å². The summed E-state index contributed by atoms with van der Waals surface area (Å²) in [5.41, 5.74) is 1.70. The van der Waals surface area contributed by atoms with Crippen molar-refractivity contribution in [2.24, 2.45) is 5.92 Å². The van der Waals surface area contributed by atoms with Crippen LogP contribution in [0.2, 0.25) is 0 Å². The molecule has 1 aliphatic rings. The molecule has 0 radical (unpaired) electrons. The van der Waals surface area contributed by atoms with E-state index in [4.69, 9.17) is 0 Å². The predicted molar refractivity (Wildman–Crippen MR) is 94.7 cm³/mol. The maximum atomic E-state index is 12.7. The highest BCUT2D eigenvalue weighted by atomic mass is 16.2. The van der Waals surface area contributed by atoms with Gasteiger partial charge in [-0.1, -0.05) is 58.1 Å². The molecule has 1 aliphatic heterocycles. The standard InChI is InChI=1S/C19H28N2O2/c1-3-4-5-6-7-10-13-21-18-12-9-8-11-17(18)20(15-22)14-16(2)19(21)23/h8-9,11-12,15-16H,3-7,10,13-14H2,1-2H3. The number of para-hydroxylation sites is 2. The Balaban J connectivity index is 2.09. The van der Waals surface area contributed by atoms with Crippen LogP contribution in [0.5, 0.6) is 0 Å². The number of rotatable bonds is 8. The Kier molecular flexibility index (Phi) is 6.63. The van der Waals surface area contributed by atoms with Crippen LogP contribution in [-0.2, 0) is 9.59 Å². The van der Waals surface area contributed by atoms with Crippen molar-refractivity contribution in [1.29, 1.82) is 0 Å². The smallest absolute Gasteiger partial charge is 0.231 e. The molecule has 1 aromatic rings. The van der Waals surface area contributed by atoms with Gasteiger partial charge < -0.3 is 9.80 Å². The maximum absolute atomic E-state index is 12.7. The summed E-state index contributed by atoms with van der Waals surface area (Å²) >= 11 is 0. The molecule has 0 spiro atoms. The molecule has 1 heterocycles. The second-order valence-electron chi connectivity index (χ2n) is 6.41. The fraction of sp³-hybridized carbons (Fsp3) is 0.579. The fourth-order valence-corrected chi connectivity index (χ4v) is 3.17. The highest BCUT2D eigenvalue weighted by Crippen LogP contribution is 2.33. The number of fused-ring (bicyclic) bond motifs is 1. The number of carbonyl (C=O) groups excluding carboxylic acids is 2. The molecule has 0 aromatic heterocycles. The zero-order valence-electron chi connectivity index (χ0n) is 14.3. The van der Waals surface area contributed by atoms with Crippen LogP contribution in [0.25, 0.3) is 0 Å². The third kappa shape index (κ3) is 4.34. The quantitative estimate of drug-likeness (QED) is 0.537. The molecule has 0 aliphatic carbocycles. The van der Waals surface area contributed by atoms with E-state index in [1.54, 1.807) is 4.90 Å². The van der Waals surface area contributed by atoms with E-state index in [9.17, 15) is 9.59 Å². The third-order valence-electron chi connectivity index (χ3n) is 4.50. The normalized spacial score (nSPS) is 17.8. The van der Waals surface area contributed by atoms with Gasteiger partial charge in [-0.25, -0.2) is 0 Å². The Morgan fingerprint density at radius 3 is 2.43 bits per heavy atom. The summed E-state index contributed by atoms with van der Waals surface area (Å²) in [6, 6.07) is 7.71. The monoisotopic (exact) mass is 316 g/mol. The van der Waals surface area contributed by atoms with Crippen molar-refractivity contribution in [1.82, 2.24) is 0 Å². The minimum absolute atomic E-state index is 0.121. The van der Waals surface area contributed by atoms with E-state index in [0.29, 0.717) is 6.54 Å². The first-order valence-electron chi connectivity index (χ1n) is 8.81. The highest BCUT2D eigenvalue weighted by Gasteiger charge is 2.30. The first kappa shape index (κ1) is 17.5. The molecule has 0 fully saturated rings. The second kappa shape index (κ2) is 8.70. The first-order chi connectivity index (χ1) is 11.2. The number of hydrogen-bond donors (Lipinski definition) is 0. The Bertz CT molecular complexity index is 530. The zero-order chi connectivity index (χ0) is 16.7. The molecule has 126 valence electrons. The topological polar surface area (TPSA) is 40.6 Å². The SMILES string of the molecule is CCCCCCCCN1C(=O)C(C)CN(C=O)c2ccccc21. The zero-order valence-corrected chi connectivity index (χ0v) is 14.3. The van der Waals surface area contributed by atoms with Gasteiger partial charge in [0, 0.05) is 13.1 Å². The Hall–Kier alpha value is -1.84. The van der Waals surface area contributed by atoms with Crippen LogP contribution < -0.4 is 9.80 Å². The molecule has 4 nitrogen and oxygen atoms in total. The predicted octanol–water partition coefficient (Wildman–Crippen LogP) is 3.99. The molecular formula is C19H28N2O2. The Morgan fingerprint density at radius 1 is 1.09 bits per heavy atom. The van der Waals surface area contributed by atoms with E-state index in [1.165, 1.54) is 25.7 Å². The van der Waals surface area contributed by atoms with Crippen molar-refractivity contribution in [3.63, 3.8) is 0 Å². The molecule has 0 N–H and O–H groups in total. The summed E-state index contributed by atoms with van der Waals surface area (Å²) in [6.07, 6.45) is 8.03. The van der Waals surface area contributed by atoms with Gasteiger partial charge in [-0.15, -0.1) is 0 Å². The van der Waals surface area contributed by atoms with Crippen LogP contribution in [-0.4, -0.2) is 25.4 Å². The van der Waals surface area contributed by atoms with E-state index >= 15 is 0 Å². The summed E-state index contributed by atoms with van der Waals surface area (Å²) in [6.45, 7) is 5.30. The van der Waals surface area contributed by atoms with Gasteiger partial charge >= 0.3 is 0 Å². The summed E-state index contributed by atoms with van der Waals surface area (Å²) in [5.74, 6) is -0.0527. The molecule has 1 unspecified atom stereocenters. The minimum atomic E-state index is -0.173. The van der Waals surface area contributed by atoms with Crippen molar-refractivity contribution in [3.05, 3.63) is 24.3 Å². The van der Waals surface area contributed by atoms with E-state index in [2.05, 4.69) is 6.92 Å². The summed E-state index contributed by atoms with van der Waals surface area (Å²) in [4.78, 5) is 27.6. The molecule has 2 rings (SSSR count). The lowest BCUT2D eigenvalue weighted by Crippen LogP contribution is -2.37. The fourth-order valence-electron chi connectivity index (χ4n) is 3.17. The molecule has 1 atom stereocenters. The highest BCUT2D eigenvalue weighted by molar-refractivity contribution is 6.02. The summed E-state index contributed by atoms with van der Waals surface area (Å²) in [7, 11) is 0. The van der Waals surface area contributed by atoms with Crippen LogP contribution in [0.4, 0.5) is 11.4 Å². The third-order valence-corrected chi connectivity index (χ3v) is 4.50. The minimum Gasteiger partial charge on any atom is -0.312 e. The Morgan fingerprint density at radius 2 is 1.74 bits per heavy atom. The van der Waals surface area contributed by atoms with Gasteiger partial charge in [0.05, 0.1) is 17.3 Å². The number of carbonyl (C=O) groups is 2. The molecule has 4 heteroatoms. The van der Waals surface area contributed by atoms with Gasteiger partial charge in [-0.05, 0) is 18.6 Å². The average molecular weight is 316 g/mol. The van der Waals surface area contributed by atoms with Crippen molar-refractivity contribution in [3.8, 4) is 0 Å². The van der Waals surface area contributed by atoms with Crippen molar-refractivity contribution in [2.75, 3.05) is 22.9 Å². The van der Waals surface area contributed by atoms with Crippen LogP contribution >= 0.6 is 0 Å². The molecule has 2 amide bonds. The number of anilines is 2. The van der Waals surface area contributed by atoms with Crippen LogP contribution in [0.15, 0.2) is 24.3 Å². The number of unbranched alkanes of at least 4 members (excludes halogenated alkanes) is 5. The number of hydrogen-bond acceptors (Lipinski definition) is 2.